The lowest BCUT2D eigenvalue weighted by Crippen LogP contribution is -2.12. The smallest absolute Gasteiger partial charge is 0.335 e. The Labute approximate surface area is 199 Å². The van der Waals surface area contributed by atoms with Crippen LogP contribution in [0.4, 0.5) is 0 Å². The molecule has 0 saturated heterocycles. The van der Waals surface area contributed by atoms with Crippen molar-refractivity contribution in [2.24, 2.45) is 5.92 Å². The van der Waals surface area contributed by atoms with E-state index in [9.17, 15) is 9.90 Å². The maximum Gasteiger partial charge on any atom is 0.335 e. The lowest BCUT2D eigenvalue weighted by atomic mass is 9.82. The summed E-state index contributed by atoms with van der Waals surface area (Å²) in [6.45, 7) is 1.94. The third-order valence-corrected chi connectivity index (χ3v) is 6.38. The van der Waals surface area contributed by atoms with Gasteiger partial charge < -0.3 is 9.52 Å². The van der Waals surface area contributed by atoms with Gasteiger partial charge in [0.1, 0.15) is 5.69 Å². The van der Waals surface area contributed by atoms with Crippen LogP contribution in [0.3, 0.4) is 0 Å². The molecule has 0 aliphatic heterocycles. The van der Waals surface area contributed by atoms with E-state index in [1.54, 1.807) is 12.1 Å². The molecule has 1 aromatic heterocycles. The summed E-state index contributed by atoms with van der Waals surface area (Å²) in [5.41, 5.74) is 6.32. The Morgan fingerprint density at radius 1 is 1.00 bits per heavy atom. The Morgan fingerprint density at radius 3 is 2.41 bits per heavy atom. The largest absolute Gasteiger partial charge is 0.478 e. The maximum absolute atomic E-state index is 11.6. The third-order valence-electron chi connectivity index (χ3n) is 6.38. The molecule has 1 aliphatic carbocycles. The molecule has 3 aromatic carbocycles. The van der Waals surface area contributed by atoms with Crippen LogP contribution in [-0.2, 0) is 6.42 Å². The highest BCUT2D eigenvalue weighted by molar-refractivity contribution is 5.88. The van der Waals surface area contributed by atoms with E-state index in [4.69, 9.17) is 9.40 Å². The molecule has 5 rings (SSSR count). The molecule has 4 heteroatoms. The molecule has 0 bridgehead atoms. The normalized spacial score (nSPS) is 15.7. The molecular weight excluding hydrogens is 422 g/mol. The van der Waals surface area contributed by atoms with Crippen LogP contribution in [0.15, 0.2) is 89.4 Å². The molecule has 1 N–H and O–H groups in total. The predicted molar refractivity (Wildman–Crippen MR) is 135 cm³/mol. The van der Waals surface area contributed by atoms with E-state index >= 15 is 0 Å². The van der Waals surface area contributed by atoms with Gasteiger partial charge in [0.25, 0.3) is 0 Å². The number of carboxylic acid groups (broad SMARTS) is 1. The Hall–Kier alpha value is -3.92. The number of aromatic carboxylic acids is 1. The number of rotatable bonds is 6. The summed E-state index contributed by atoms with van der Waals surface area (Å²) < 4.78 is 6.47. The van der Waals surface area contributed by atoms with Gasteiger partial charge in [-0.25, -0.2) is 9.78 Å². The van der Waals surface area contributed by atoms with Gasteiger partial charge in [-0.3, -0.25) is 0 Å². The number of allylic oxidation sites excluding steroid dienone is 2. The quantitative estimate of drug-likeness (QED) is 0.332. The zero-order chi connectivity index (χ0) is 23.5. The Bertz CT molecular complexity index is 1280. The number of hydrogen-bond acceptors (Lipinski definition) is 3. The standard InChI is InChI=1S/C30H27NO3/c1-20-16-21(19-25(17-20)30(32)33)18-24-14-8-9-15-26(24)29-31-27(22-10-4-2-5-11-22)28(34-29)23-12-6-3-7-13-23/h2-7,10-13,15-17,19,24H,8-9,14,18H2,1H3,(H,32,33). The fourth-order valence-corrected chi connectivity index (χ4v) is 4.83. The van der Waals surface area contributed by atoms with Crippen LogP contribution in [0.2, 0.25) is 0 Å². The second kappa shape index (κ2) is 9.52. The topological polar surface area (TPSA) is 63.3 Å². The van der Waals surface area contributed by atoms with Crippen LogP contribution in [0.5, 0.6) is 0 Å². The second-order valence-electron chi connectivity index (χ2n) is 8.93. The predicted octanol–water partition coefficient (Wildman–Crippen LogP) is 7.44. The summed E-state index contributed by atoms with van der Waals surface area (Å²) in [6, 6.07) is 25.8. The number of benzene rings is 3. The molecule has 0 amide bonds. The zero-order valence-corrected chi connectivity index (χ0v) is 19.2. The fraction of sp³-hybridized carbons (Fsp3) is 0.200. The van der Waals surface area contributed by atoms with E-state index in [0.29, 0.717) is 11.5 Å². The first kappa shape index (κ1) is 21.9. The van der Waals surface area contributed by atoms with Crippen LogP contribution in [0.1, 0.15) is 46.6 Å². The first-order valence-electron chi connectivity index (χ1n) is 11.7. The summed E-state index contributed by atoms with van der Waals surface area (Å²) in [4.78, 5) is 16.6. The van der Waals surface area contributed by atoms with Gasteiger partial charge in [-0.1, -0.05) is 78.4 Å². The van der Waals surface area contributed by atoms with Crippen LogP contribution >= 0.6 is 0 Å². The Kier molecular flexibility index (Phi) is 6.13. The van der Waals surface area contributed by atoms with Crippen LogP contribution < -0.4 is 0 Å². The first-order valence-corrected chi connectivity index (χ1v) is 11.7. The number of carboxylic acids is 1. The van der Waals surface area contributed by atoms with Crippen molar-refractivity contribution in [3.8, 4) is 22.6 Å². The lowest BCUT2D eigenvalue weighted by Gasteiger charge is -2.23. The van der Waals surface area contributed by atoms with Gasteiger partial charge in [0, 0.05) is 16.7 Å². The number of aryl methyl sites for hydroxylation is 1. The average molecular weight is 450 g/mol. The van der Waals surface area contributed by atoms with E-state index in [1.807, 2.05) is 55.5 Å². The van der Waals surface area contributed by atoms with E-state index in [1.165, 1.54) is 0 Å². The molecule has 4 aromatic rings. The van der Waals surface area contributed by atoms with Crippen molar-refractivity contribution in [2.75, 3.05) is 0 Å². The van der Waals surface area contributed by atoms with Crippen molar-refractivity contribution < 1.29 is 14.3 Å². The highest BCUT2D eigenvalue weighted by Gasteiger charge is 2.26. The zero-order valence-electron chi connectivity index (χ0n) is 19.2. The number of carbonyl (C=O) groups is 1. The average Bonchev–Trinajstić information content (AvgIpc) is 3.30. The second-order valence-corrected chi connectivity index (χ2v) is 8.93. The number of nitrogens with zero attached hydrogens (tertiary/aromatic N) is 1. The molecule has 34 heavy (non-hydrogen) atoms. The van der Waals surface area contributed by atoms with Gasteiger partial charge in [-0.2, -0.15) is 0 Å². The van der Waals surface area contributed by atoms with E-state index in [-0.39, 0.29) is 5.92 Å². The molecule has 0 radical (unpaired) electrons. The van der Waals surface area contributed by atoms with Gasteiger partial charge in [0.15, 0.2) is 5.76 Å². The fourth-order valence-electron chi connectivity index (χ4n) is 4.83. The van der Waals surface area contributed by atoms with E-state index < -0.39 is 5.97 Å². The van der Waals surface area contributed by atoms with Crippen molar-refractivity contribution in [3.05, 3.63) is 108 Å². The lowest BCUT2D eigenvalue weighted by molar-refractivity contribution is 0.0696. The summed E-state index contributed by atoms with van der Waals surface area (Å²) in [5, 5.41) is 9.48. The van der Waals surface area contributed by atoms with Crippen molar-refractivity contribution in [2.45, 2.75) is 32.6 Å². The molecule has 1 aliphatic rings. The third kappa shape index (κ3) is 4.58. The minimum absolute atomic E-state index is 0.225. The SMILES string of the molecule is Cc1cc(CC2CCCC=C2c2nc(-c3ccccc3)c(-c3ccccc3)o2)cc(C(=O)O)c1. The molecule has 0 fully saturated rings. The minimum atomic E-state index is -0.892. The Morgan fingerprint density at radius 2 is 1.71 bits per heavy atom. The number of oxazole rings is 1. The van der Waals surface area contributed by atoms with Gasteiger partial charge in [0.05, 0.1) is 5.56 Å². The summed E-state index contributed by atoms with van der Waals surface area (Å²) in [7, 11) is 0. The van der Waals surface area contributed by atoms with Crippen molar-refractivity contribution in [3.63, 3.8) is 0 Å². The van der Waals surface area contributed by atoms with Gasteiger partial charge >= 0.3 is 5.97 Å². The Balaban J connectivity index is 1.54. The number of aromatic nitrogens is 1. The van der Waals surface area contributed by atoms with E-state index in [2.05, 4.69) is 24.3 Å². The van der Waals surface area contributed by atoms with Gasteiger partial charge in [-0.05, 0) is 56.2 Å². The molecule has 4 nitrogen and oxygen atoms in total. The molecular formula is C30H27NO3. The van der Waals surface area contributed by atoms with Crippen molar-refractivity contribution in [1.29, 1.82) is 0 Å². The molecule has 1 heterocycles. The molecule has 1 unspecified atom stereocenters. The van der Waals surface area contributed by atoms with Crippen molar-refractivity contribution >= 4 is 11.5 Å². The van der Waals surface area contributed by atoms with Crippen LogP contribution in [-0.4, -0.2) is 16.1 Å². The van der Waals surface area contributed by atoms with Gasteiger partial charge in [0.2, 0.25) is 5.89 Å². The highest BCUT2D eigenvalue weighted by atomic mass is 16.4. The summed E-state index contributed by atoms with van der Waals surface area (Å²) >= 11 is 0. The van der Waals surface area contributed by atoms with E-state index in [0.717, 1.165) is 65.0 Å². The molecule has 1 atom stereocenters. The monoisotopic (exact) mass is 449 g/mol. The molecule has 170 valence electrons. The van der Waals surface area contributed by atoms with Gasteiger partial charge in [-0.15, -0.1) is 0 Å². The summed E-state index contributed by atoms with van der Waals surface area (Å²) in [5.74, 6) is 0.768. The van der Waals surface area contributed by atoms with Crippen molar-refractivity contribution in [1.82, 2.24) is 4.98 Å². The maximum atomic E-state index is 11.6. The van der Waals surface area contributed by atoms with Crippen LogP contribution in [0, 0.1) is 12.8 Å². The summed E-state index contributed by atoms with van der Waals surface area (Å²) in [6.07, 6.45) is 6.12. The molecule has 0 spiro atoms. The number of hydrogen-bond donors (Lipinski definition) is 1. The highest BCUT2D eigenvalue weighted by Crippen LogP contribution is 2.40. The minimum Gasteiger partial charge on any atom is -0.478 e. The first-order chi connectivity index (χ1) is 16.6. The van der Waals surface area contributed by atoms with Crippen LogP contribution in [0.25, 0.3) is 28.2 Å². The molecule has 0 saturated carbocycles.